The van der Waals surface area contributed by atoms with Crippen LogP contribution < -0.4 is 10.6 Å². The van der Waals surface area contributed by atoms with Gasteiger partial charge in [-0.15, -0.1) is 0 Å². The molecule has 0 fully saturated rings. The van der Waals surface area contributed by atoms with Gasteiger partial charge in [0.05, 0.1) is 43.7 Å². The summed E-state index contributed by atoms with van der Waals surface area (Å²) in [5, 5.41) is 29.2. The number of aromatic nitrogens is 2. The van der Waals surface area contributed by atoms with Crippen molar-refractivity contribution >= 4 is 51.3 Å². The second-order valence-corrected chi connectivity index (χ2v) is 7.65. The lowest BCUT2D eigenvalue weighted by Gasteiger charge is -2.23. The van der Waals surface area contributed by atoms with Crippen molar-refractivity contribution in [3.8, 4) is 0 Å². The molecule has 0 aliphatic carbocycles. The van der Waals surface area contributed by atoms with Gasteiger partial charge in [-0.1, -0.05) is 23.7 Å². The lowest BCUT2D eigenvalue weighted by molar-refractivity contribution is -0.422. The molecule has 1 aromatic heterocycles. The number of nitrogens with one attached hydrogen (secondary N) is 2. The maximum atomic E-state index is 11.3. The van der Waals surface area contributed by atoms with E-state index in [1.165, 1.54) is 0 Å². The Labute approximate surface area is 170 Å². The van der Waals surface area contributed by atoms with Crippen molar-refractivity contribution < 1.29 is 9.85 Å². The summed E-state index contributed by atoms with van der Waals surface area (Å²) in [6.07, 6.45) is 0. The van der Waals surface area contributed by atoms with Gasteiger partial charge in [0.15, 0.2) is 11.6 Å². The van der Waals surface area contributed by atoms with E-state index in [-0.39, 0.29) is 16.9 Å². The van der Waals surface area contributed by atoms with Gasteiger partial charge in [-0.05, 0) is 32.9 Å². The predicted molar refractivity (Wildman–Crippen MR) is 111 cm³/mol. The fourth-order valence-electron chi connectivity index (χ4n) is 2.59. The second kappa shape index (κ2) is 7.47. The number of nitro groups is 2. The van der Waals surface area contributed by atoms with E-state index in [1.54, 1.807) is 24.3 Å². The summed E-state index contributed by atoms with van der Waals surface area (Å²) in [5.74, 6) is 0.608. The Balaban J connectivity index is 2.23. The van der Waals surface area contributed by atoms with E-state index in [2.05, 4.69) is 20.6 Å². The van der Waals surface area contributed by atoms with E-state index >= 15 is 0 Å². The maximum Gasteiger partial charge on any atom is 0.348 e. The number of anilines is 3. The molecule has 29 heavy (non-hydrogen) atoms. The number of nitro benzene ring substituents is 2. The van der Waals surface area contributed by atoms with Crippen LogP contribution in [0, 0.1) is 20.2 Å². The van der Waals surface area contributed by atoms with Crippen LogP contribution in [0.15, 0.2) is 36.4 Å². The minimum Gasteiger partial charge on any atom is -0.362 e. The number of halogens is 1. The van der Waals surface area contributed by atoms with E-state index in [1.807, 2.05) is 20.8 Å². The Hall–Kier alpha value is -3.53. The van der Waals surface area contributed by atoms with Gasteiger partial charge < -0.3 is 10.6 Å². The summed E-state index contributed by atoms with van der Waals surface area (Å²) in [6.45, 7) is 5.74. The van der Waals surface area contributed by atoms with Crippen molar-refractivity contribution in [1.29, 1.82) is 0 Å². The maximum absolute atomic E-state index is 11.3. The van der Waals surface area contributed by atoms with E-state index in [0.29, 0.717) is 16.5 Å². The van der Waals surface area contributed by atoms with Crippen molar-refractivity contribution in [2.45, 2.75) is 26.3 Å². The third-order valence-electron chi connectivity index (χ3n) is 3.77. The van der Waals surface area contributed by atoms with Crippen molar-refractivity contribution in [1.82, 2.24) is 9.97 Å². The number of hydrogen-bond donors (Lipinski definition) is 2. The smallest absolute Gasteiger partial charge is 0.348 e. The number of nitrogens with zero attached hydrogens (tertiary/aromatic N) is 4. The highest BCUT2D eigenvalue weighted by Crippen LogP contribution is 2.34. The van der Waals surface area contributed by atoms with E-state index in [0.717, 1.165) is 12.1 Å². The minimum absolute atomic E-state index is 0.135. The number of fused-ring (bicyclic) bond motifs is 1. The van der Waals surface area contributed by atoms with E-state index in [9.17, 15) is 20.2 Å². The Morgan fingerprint density at radius 1 is 0.931 bits per heavy atom. The molecule has 2 N–H and O–H groups in total. The van der Waals surface area contributed by atoms with Crippen molar-refractivity contribution in [3.05, 3.63) is 61.6 Å². The summed E-state index contributed by atoms with van der Waals surface area (Å²) in [5.41, 5.74) is -0.847. The first-order chi connectivity index (χ1) is 13.5. The average molecular weight is 417 g/mol. The van der Waals surface area contributed by atoms with Gasteiger partial charge in [-0.2, -0.15) is 0 Å². The third kappa shape index (κ3) is 4.49. The lowest BCUT2D eigenvalue weighted by atomic mass is 10.1. The van der Waals surface area contributed by atoms with Gasteiger partial charge in [-0.3, -0.25) is 20.2 Å². The fraction of sp³-hybridized carbons (Fsp3) is 0.222. The molecule has 0 amide bonds. The van der Waals surface area contributed by atoms with Gasteiger partial charge in [-0.25, -0.2) is 9.97 Å². The van der Waals surface area contributed by atoms with Crippen LogP contribution in [0.25, 0.3) is 11.0 Å². The Bertz CT molecular complexity index is 1130. The quantitative estimate of drug-likeness (QED) is 0.435. The van der Waals surface area contributed by atoms with E-state index < -0.39 is 26.8 Å². The molecule has 3 aromatic rings. The molecule has 11 heteroatoms. The van der Waals surface area contributed by atoms with Crippen LogP contribution in [0.3, 0.4) is 0 Å². The first-order valence-electron chi connectivity index (χ1n) is 8.49. The molecule has 0 bridgehead atoms. The predicted octanol–water partition coefficient (Wildman–Crippen LogP) is 5.05. The highest BCUT2D eigenvalue weighted by molar-refractivity contribution is 6.33. The largest absolute Gasteiger partial charge is 0.362 e. The standard InChI is InChI=1S/C18H17ClN6O4/c1-18(2,3)23-17-16(20-11-7-5-4-6-10(11)19)21-12-8-14(24(26)27)15(25(28)29)9-13(12)22-17/h4-9H,1-3H3,(H,20,21)(H,22,23). The van der Waals surface area contributed by atoms with Gasteiger partial charge in [0.2, 0.25) is 0 Å². The van der Waals surface area contributed by atoms with Gasteiger partial charge in [0, 0.05) is 5.54 Å². The zero-order valence-corrected chi connectivity index (χ0v) is 16.5. The fourth-order valence-corrected chi connectivity index (χ4v) is 2.78. The Morgan fingerprint density at radius 2 is 1.45 bits per heavy atom. The first-order valence-corrected chi connectivity index (χ1v) is 8.87. The zero-order chi connectivity index (χ0) is 21.3. The van der Waals surface area contributed by atoms with Crippen LogP contribution in [0.1, 0.15) is 20.8 Å². The van der Waals surface area contributed by atoms with Crippen LogP contribution >= 0.6 is 11.6 Å². The van der Waals surface area contributed by atoms with Crippen LogP contribution in [0.5, 0.6) is 0 Å². The molecule has 0 radical (unpaired) electrons. The second-order valence-electron chi connectivity index (χ2n) is 7.24. The first kappa shape index (κ1) is 20.2. The van der Waals surface area contributed by atoms with Gasteiger partial charge in [0.1, 0.15) is 0 Å². The van der Waals surface area contributed by atoms with Crippen LogP contribution in [-0.2, 0) is 0 Å². The molecule has 10 nitrogen and oxygen atoms in total. The summed E-state index contributed by atoms with van der Waals surface area (Å²) in [6, 6.07) is 9.09. The molecular formula is C18H17ClN6O4. The minimum atomic E-state index is -0.818. The Morgan fingerprint density at radius 3 is 1.93 bits per heavy atom. The molecule has 0 saturated carbocycles. The summed E-state index contributed by atoms with van der Waals surface area (Å²) in [7, 11) is 0. The van der Waals surface area contributed by atoms with Crippen molar-refractivity contribution in [2.75, 3.05) is 10.6 Å². The monoisotopic (exact) mass is 416 g/mol. The highest BCUT2D eigenvalue weighted by atomic mass is 35.5. The molecule has 0 spiro atoms. The molecule has 2 aromatic carbocycles. The molecule has 150 valence electrons. The van der Waals surface area contributed by atoms with Crippen LogP contribution in [0.2, 0.25) is 5.02 Å². The normalized spacial score (nSPS) is 11.3. The van der Waals surface area contributed by atoms with Crippen molar-refractivity contribution in [2.24, 2.45) is 0 Å². The Kier molecular flexibility index (Phi) is 5.21. The number of rotatable bonds is 5. The molecule has 0 aliphatic rings. The number of benzene rings is 2. The van der Waals surface area contributed by atoms with Crippen LogP contribution in [-0.4, -0.2) is 25.4 Å². The highest BCUT2D eigenvalue weighted by Gasteiger charge is 2.27. The summed E-state index contributed by atoms with van der Waals surface area (Å²) in [4.78, 5) is 29.7. The molecule has 0 atom stereocenters. The molecule has 0 unspecified atom stereocenters. The number of para-hydroxylation sites is 1. The van der Waals surface area contributed by atoms with Crippen LogP contribution in [0.4, 0.5) is 28.7 Å². The molecule has 3 rings (SSSR count). The lowest BCUT2D eigenvalue weighted by Crippen LogP contribution is -2.27. The van der Waals surface area contributed by atoms with E-state index in [4.69, 9.17) is 11.6 Å². The molecule has 0 aliphatic heterocycles. The average Bonchev–Trinajstić information content (AvgIpc) is 2.61. The molecule has 1 heterocycles. The number of hydrogen-bond acceptors (Lipinski definition) is 8. The van der Waals surface area contributed by atoms with Crippen molar-refractivity contribution in [3.63, 3.8) is 0 Å². The molecule has 0 saturated heterocycles. The third-order valence-corrected chi connectivity index (χ3v) is 4.10. The summed E-state index contributed by atoms with van der Waals surface area (Å²) < 4.78 is 0. The van der Waals surface area contributed by atoms with Gasteiger partial charge >= 0.3 is 11.4 Å². The SMILES string of the molecule is CC(C)(C)Nc1nc2cc([N+](=O)[O-])c([N+](=O)[O-])cc2nc1Nc1ccccc1Cl. The van der Waals surface area contributed by atoms with Gasteiger partial charge in [0.25, 0.3) is 0 Å². The topological polar surface area (TPSA) is 136 Å². The molecular weight excluding hydrogens is 400 g/mol. The zero-order valence-electron chi connectivity index (χ0n) is 15.8. The summed E-state index contributed by atoms with van der Waals surface area (Å²) >= 11 is 6.20.